The van der Waals surface area contributed by atoms with Gasteiger partial charge in [0.25, 0.3) is 0 Å². The highest BCUT2D eigenvalue weighted by molar-refractivity contribution is 7.10. The third kappa shape index (κ3) is 8.74. The molecule has 2 atom stereocenters. The van der Waals surface area contributed by atoms with Gasteiger partial charge in [-0.2, -0.15) is 0 Å². The second-order valence-electron chi connectivity index (χ2n) is 8.48. The van der Waals surface area contributed by atoms with Gasteiger partial charge in [0, 0.05) is 18.0 Å². The van der Waals surface area contributed by atoms with Gasteiger partial charge in [0.15, 0.2) is 0 Å². The highest BCUT2D eigenvalue weighted by Crippen LogP contribution is 2.11. The Hall–Kier alpha value is -4.23. The predicted octanol–water partition coefficient (Wildman–Crippen LogP) is 5.42. The van der Waals surface area contributed by atoms with Gasteiger partial charge in [-0.05, 0) is 29.2 Å². The first-order valence-electron chi connectivity index (χ1n) is 12.1. The van der Waals surface area contributed by atoms with E-state index in [0.29, 0.717) is 12.8 Å². The molecule has 3 aromatic carbocycles. The van der Waals surface area contributed by atoms with Crippen molar-refractivity contribution in [2.75, 3.05) is 0 Å². The van der Waals surface area contributed by atoms with E-state index in [-0.39, 0.29) is 18.6 Å². The van der Waals surface area contributed by atoms with Gasteiger partial charge in [0.05, 0.1) is 6.04 Å². The molecule has 1 heterocycles. The zero-order chi connectivity index (χ0) is 25.7. The summed E-state index contributed by atoms with van der Waals surface area (Å²) in [5.41, 5.74) is 2.90. The minimum absolute atomic E-state index is 0.125. The van der Waals surface area contributed by atoms with Crippen LogP contribution in [0.15, 0.2) is 109 Å². The molecule has 0 bridgehead atoms. The number of hydrogen-bond donors (Lipinski definition) is 2. The third-order valence-corrected chi connectivity index (χ3v) is 6.39. The quantitative estimate of drug-likeness (QED) is 0.282. The molecule has 0 spiro atoms. The maximum Gasteiger partial charge on any atom is 0.408 e. The molecular weight excluding hydrogens is 482 g/mol. The summed E-state index contributed by atoms with van der Waals surface area (Å²) in [5, 5.41) is 8.64. The maximum absolute atomic E-state index is 13.5. The normalized spacial score (nSPS) is 12.5. The van der Waals surface area contributed by atoms with Crippen LogP contribution in [0.3, 0.4) is 0 Å². The fourth-order valence-electron chi connectivity index (χ4n) is 3.80. The highest BCUT2D eigenvalue weighted by Gasteiger charge is 2.24. The predicted molar refractivity (Wildman–Crippen MR) is 147 cm³/mol. The average molecular weight is 512 g/mol. The van der Waals surface area contributed by atoms with Gasteiger partial charge >= 0.3 is 6.09 Å². The molecule has 0 aliphatic carbocycles. The number of aromatic nitrogens is 1. The number of benzene rings is 3. The Morgan fingerprint density at radius 2 is 1.41 bits per heavy atom. The van der Waals surface area contributed by atoms with Crippen LogP contribution in [0.1, 0.15) is 21.7 Å². The molecule has 188 valence electrons. The van der Waals surface area contributed by atoms with Crippen molar-refractivity contribution in [3.05, 3.63) is 130 Å². The molecule has 4 rings (SSSR count). The number of carbonyl (C=O) groups excluding carboxylic acids is 2. The van der Waals surface area contributed by atoms with Crippen molar-refractivity contribution >= 4 is 29.4 Å². The van der Waals surface area contributed by atoms with Crippen LogP contribution >= 0.6 is 11.3 Å². The molecule has 37 heavy (non-hydrogen) atoms. The zero-order valence-electron chi connectivity index (χ0n) is 20.3. The van der Waals surface area contributed by atoms with E-state index in [1.165, 1.54) is 11.3 Å². The van der Waals surface area contributed by atoms with Crippen LogP contribution in [0.4, 0.5) is 4.79 Å². The molecule has 0 saturated heterocycles. The van der Waals surface area contributed by atoms with E-state index in [2.05, 4.69) is 15.6 Å². The molecule has 2 N–H and O–H groups in total. The topological polar surface area (TPSA) is 80.3 Å². The van der Waals surface area contributed by atoms with Crippen LogP contribution in [0.25, 0.3) is 6.08 Å². The molecule has 0 saturated carbocycles. The largest absolute Gasteiger partial charge is 0.445 e. The highest BCUT2D eigenvalue weighted by atomic mass is 32.1. The lowest BCUT2D eigenvalue weighted by atomic mass is 10.0. The van der Waals surface area contributed by atoms with Crippen molar-refractivity contribution in [3.8, 4) is 0 Å². The third-order valence-electron chi connectivity index (χ3n) is 5.65. The van der Waals surface area contributed by atoms with Gasteiger partial charge in [-0.15, -0.1) is 11.3 Å². The first kappa shape index (κ1) is 25.9. The van der Waals surface area contributed by atoms with E-state index in [0.717, 1.165) is 21.7 Å². The van der Waals surface area contributed by atoms with Crippen molar-refractivity contribution in [2.45, 2.75) is 31.5 Å². The van der Waals surface area contributed by atoms with Crippen molar-refractivity contribution in [2.24, 2.45) is 0 Å². The smallest absolute Gasteiger partial charge is 0.408 e. The summed E-state index contributed by atoms with van der Waals surface area (Å²) in [4.78, 5) is 30.4. The van der Waals surface area contributed by atoms with Gasteiger partial charge in [0.1, 0.15) is 17.7 Å². The first-order chi connectivity index (χ1) is 18.2. The number of hydrogen-bond acceptors (Lipinski definition) is 5. The van der Waals surface area contributed by atoms with E-state index in [4.69, 9.17) is 4.74 Å². The number of amides is 2. The lowest BCUT2D eigenvalue weighted by molar-refractivity contribution is -0.123. The summed E-state index contributed by atoms with van der Waals surface area (Å²) in [6.07, 6.45) is 5.89. The van der Waals surface area contributed by atoms with Crippen molar-refractivity contribution in [3.63, 3.8) is 0 Å². The van der Waals surface area contributed by atoms with Crippen molar-refractivity contribution in [1.29, 1.82) is 0 Å². The molecule has 2 unspecified atom stereocenters. The fraction of sp³-hybridized carbons (Fsp3) is 0.167. The van der Waals surface area contributed by atoms with Crippen LogP contribution in [0.5, 0.6) is 0 Å². The maximum atomic E-state index is 13.5. The minimum Gasteiger partial charge on any atom is -0.445 e. The molecule has 1 aromatic heterocycles. The Morgan fingerprint density at radius 1 is 0.811 bits per heavy atom. The Bertz CT molecular complexity index is 1260. The summed E-state index contributed by atoms with van der Waals surface area (Å²) >= 11 is 1.53. The summed E-state index contributed by atoms with van der Waals surface area (Å²) in [7, 11) is 0. The van der Waals surface area contributed by atoms with Gasteiger partial charge < -0.3 is 15.4 Å². The molecule has 2 amide bonds. The van der Waals surface area contributed by atoms with Crippen LogP contribution in [0.2, 0.25) is 0 Å². The molecule has 0 radical (unpaired) electrons. The minimum atomic E-state index is -0.808. The molecule has 7 heteroatoms. The second kappa shape index (κ2) is 13.8. The van der Waals surface area contributed by atoms with E-state index in [9.17, 15) is 9.59 Å². The Labute approximate surface area is 221 Å². The Kier molecular flexibility index (Phi) is 9.61. The molecule has 0 fully saturated rings. The monoisotopic (exact) mass is 511 g/mol. The Morgan fingerprint density at radius 3 is 2.00 bits per heavy atom. The Balaban J connectivity index is 1.47. The summed E-state index contributed by atoms with van der Waals surface area (Å²) in [6.45, 7) is 0.125. The van der Waals surface area contributed by atoms with Gasteiger partial charge in [-0.3, -0.25) is 4.79 Å². The standard InChI is InChI=1S/C30H29N3O3S/c34-29(32-26(16-17-28-31-18-19-37-28)20-23-10-4-1-5-11-23)27(21-24-12-6-2-7-13-24)33-30(35)36-22-25-14-8-3-9-15-25/h1-19,26-27H,20-22H2,(H,32,34)(H,33,35). The number of ether oxygens (including phenoxy) is 1. The molecule has 4 aromatic rings. The number of nitrogens with one attached hydrogen (secondary N) is 2. The second-order valence-corrected chi connectivity index (χ2v) is 9.41. The van der Waals surface area contributed by atoms with Crippen LogP contribution in [0, 0.1) is 0 Å². The summed E-state index contributed by atoms with van der Waals surface area (Å²) in [5.74, 6) is -0.287. The van der Waals surface area contributed by atoms with Gasteiger partial charge in [-0.25, -0.2) is 9.78 Å². The average Bonchev–Trinajstić information content (AvgIpc) is 3.46. The molecule has 0 aliphatic rings. The zero-order valence-corrected chi connectivity index (χ0v) is 21.1. The van der Waals surface area contributed by atoms with E-state index < -0.39 is 12.1 Å². The van der Waals surface area contributed by atoms with E-state index in [1.807, 2.05) is 109 Å². The SMILES string of the molecule is O=C(NC(Cc1ccccc1)C(=O)NC(C=Cc1nccs1)Cc1ccccc1)OCc1ccccc1. The summed E-state index contributed by atoms with van der Waals surface area (Å²) < 4.78 is 5.39. The summed E-state index contributed by atoms with van der Waals surface area (Å²) in [6, 6.07) is 27.9. The van der Waals surface area contributed by atoms with Gasteiger partial charge in [-0.1, -0.05) is 97.1 Å². The lowest BCUT2D eigenvalue weighted by Gasteiger charge is -2.22. The van der Waals surface area contributed by atoms with Crippen LogP contribution in [-0.4, -0.2) is 29.1 Å². The lowest BCUT2D eigenvalue weighted by Crippen LogP contribution is -2.50. The van der Waals surface area contributed by atoms with Crippen LogP contribution < -0.4 is 10.6 Å². The number of alkyl carbamates (subject to hydrolysis) is 1. The number of carbonyl (C=O) groups is 2. The van der Waals surface area contributed by atoms with Crippen molar-refractivity contribution in [1.82, 2.24) is 15.6 Å². The number of nitrogens with zero attached hydrogens (tertiary/aromatic N) is 1. The fourth-order valence-corrected chi connectivity index (χ4v) is 4.34. The van der Waals surface area contributed by atoms with Crippen molar-refractivity contribution < 1.29 is 14.3 Å². The molecule has 0 aliphatic heterocycles. The number of thiazole rings is 1. The van der Waals surface area contributed by atoms with E-state index >= 15 is 0 Å². The number of rotatable bonds is 11. The molecule has 6 nitrogen and oxygen atoms in total. The van der Waals surface area contributed by atoms with Crippen LogP contribution in [-0.2, 0) is 29.0 Å². The van der Waals surface area contributed by atoms with Gasteiger partial charge in [0.2, 0.25) is 5.91 Å². The first-order valence-corrected chi connectivity index (χ1v) is 13.0. The molecular formula is C30H29N3O3S. The van der Waals surface area contributed by atoms with E-state index in [1.54, 1.807) is 6.20 Å².